The fourth-order valence-corrected chi connectivity index (χ4v) is 4.57. The van der Waals surface area contributed by atoms with Gasteiger partial charge < -0.3 is 0 Å². The van der Waals surface area contributed by atoms with E-state index in [-0.39, 0.29) is 4.90 Å². The number of rotatable bonds is 16. The second-order valence-electron chi connectivity index (χ2n) is 8.30. The number of nitrogens with one attached hydrogen (secondary N) is 2. The molecule has 0 aliphatic heterocycles. The maximum atomic E-state index is 12.6. The maximum absolute atomic E-state index is 12.6. The summed E-state index contributed by atoms with van der Waals surface area (Å²) in [6.45, 7) is 2.25. The van der Waals surface area contributed by atoms with Crippen LogP contribution in [0.1, 0.15) is 88.3 Å². The summed E-state index contributed by atoms with van der Waals surface area (Å²) in [6.07, 6.45) is 14.0. The first-order chi connectivity index (χ1) is 15.6. The summed E-state index contributed by atoms with van der Waals surface area (Å²) in [4.78, 5) is 2.51. The molecule has 1 atom stereocenters. The van der Waals surface area contributed by atoms with Gasteiger partial charge in [-0.15, -0.1) is 4.83 Å². The molecule has 1 unspecified atom stereocenters. The van der Waals surface area contributed by atoms with Crippen LogP contribution >= 0.6 is 0 Å². The van der Waals surface area contributed by atoms with Gasteiger partial charge in [0.25, 0.3) is 10.0 Å². The average molecular weight is 456 g/mol. The average Bonchev–Trinajstić information content (AvgIpc) is 2.81. The van der Waals surface area contributed by atoms with Crippen molar-refractivity contribution in [2.75, 3.05) is 0 Å². The van der Waals surface area contributed by atoms with Crippen LogP contribution in [0.5, 0.6) is 0 Å². The minimum Gasteiger partial charge on any atom is -0.222 e. The standard InChI is InChI=1S/C26H37N3O2S/c1-2-3-4-5-6-7-8-9-10-12-15-23-18-20-25(21-19-23)32(30,31)29-28-26(22-27)24-16-13-11-14-17-24/h11,13-14,16-21,26,28-29H,2-10,12,15H2,1H3. The monoisotopic (exact) mass is 455 g/mol. The lowest BCUT2D eigenvalue weighted by atomic mass is 10.0. The van der Waals surface area contributed by atoms with Crippen LogP contribution in [0.25, 0.3) is 0 Å². The van der Waals surface area contributed by atoms with Crippen LogP contribution in [-0.2, 0) is 16.4 Å². The van der Waals surface area contributed by atoms with E-state index in [4.69, 9.17) is 0 Å². The van der Waals surface area contributed by atoms with Crippen molar-refractivity contribution in [3.63, 3.8) is 0 Å². The van der Waals surface area contributed by atoms with Gasteiger partial charge in [-0.05, 0) is 36.1 Å². The Morgan fingerprint density at radius 1 is 0.812 bits per heavy atom. The van der Waals surface area contributed by atoms with Gasteiger partial charge >= 0.3 is 0 Å². The fourth-order valence-electron chi connectivity index (χ4n) is 3.68. The zero-order chi connectivity index (χ0) is 23.1. The van der Waals surface area contributed by atoms with E-state index in [1.54, 1.807) is 24.3 Å². The topological polar surface area (TPSA) is 82.0 Å². The quantitative estimate of drug-likeness (QED) is 0.233. The van der Waals surface area contributed by atoms with Gasteiger partial charge in [0.05, 0.1) is 11.0 Å². The molecule has 6 heteroatoms. The van der Waals surface area contributed by atoms with Crippen molar-refractivity contribution < 1.29 is 8.42 Å². The maximum Gasteiger partial charge on any atom is 0.253 e. The van der Waals surface area contributed by atoms with Crippen LogP contribution in [0.15, 0.2) is 59.5 Å². The first-order valence-corrected chi connectivity index (χ1v) is 13.4. The summed E-state index contributed by atoms with van der Waals surface area (Å²) in [7, 11) is -3.75. The second-order valence-corrected chi connectivity index (χ2v) is 9.98. The third-order valence-electron chi connectivity index (χ3n) is 5.65. The zero-order valence-electron chi connectivity index (χ0n) is 19.2. The van der Waals surface area contributed by atoms with E-state index in [1.165, 1.54) is 57.8 Å². The molecule has 0 amide bonds. The molecule has 0 saturated carbocycles. The van der Waals surface area contributed by atoms with E-state index in [0.29, 0.717) is 5.56 Å². The van der Waals surface area contributed by atoms with Gasteiger partial charge in [-0.25, -0.2) is 13.8 Å². The molecule has 2 aromatic carbocycles. The van der Waals surface area contributed by atoms with Crippen LogP contribution in [0.3, 0.4) is 0 Å². The van der Waals surface area contributed by atoms with Crippen LogP contribution in [-0.4, -0.2) is 8.42 Å². The predicted molar refractivity (Wildman–Crippen MR) is 130 cm³/mol. The van der Waals surface area contributed by atoms with E-state index in [9.17, 15) is 13.7 Å². The molecule has 0 fully saturated rings. The van der Waals surface area contributed by atoms with Gasteiger partial charge in [-0.2, -0.15) is 5.26 Å². The van der Waals surface area contributed by atoms with Crippen molar-refractivity contribution in [2.45, 2.75) is 88.5 Å². The highest BCUT2D eigenvalue weighted by Gasteiger charge is 2.17. The number of hydrogen-bond acceptors (Lipinski definition) is 4. The van der Waals surface area contributed by atoms with Gasteiger partial charge in [0.2, 0.25) is 0 Å². The highest BCUT2D eigenvalue weighted by Crippen LogP contribution is 2.16. The third kappa shape index (κ3) is 9.52. The number of hydrogen-bond donors (Lipinski definition) is 2. The van der Waals surface area contributed by atoms with Gasteiger partial charge in [-0.1, -0.05) is 107 Å². The largest absolute Gasteiger partial charge is 0.253 e. The van der Waals surface area contributed by atoms with Crippen molar-refractivity contribution >= 4 is 10.0 Å². The lowest BCUT2D eigenvalue weighted by Crippen LogP contribution is -2.39. The summed E-state index contributed by atoms with van der Waals surface area (Å²) >= 11 is 0. The number of sulfonamides is 1. The number of aryl methyl sites for hydroxylation is 1. The number of unbranched alkanes of at least 4 members (excludes halogenated alkanes) is 9. The lowest BCUT2D eigenvalue weighted by molar-refractivity contribution is 0.538. The molecule has 0 heterocycles. The van der Waals surface area contributed by atoms with E-state index in [2.05, 4.69) is 23.2 Å². The molecule has 0 aromatic heterocycles. The van der Waals surface area contributed by atoms with E-state index in [0.717, 1.165) is 18.4 Å². The molecule has 174 valence electrons. The number of benzene rings is 2. The van der Waals surface area contributed by atoms with Gasteiger partial charge in [0.1, 0.15) is 6.04 Å². The summed E-state index contributed by atoms with van der Waals surface area (Å²) in [5.41, 5.74) is 4.46. The molecule has 32 heavy (non-hydrogen) atoms. The number of nitrogens with zero attached hydrogens (tertiary/aromatic N) is 1. The molecule has 2 rings (SSSR count). The van der Waals surface area contributed by atoms with Crippen molar-refractivity contribution in [3.8, 4) is 6.07 Å². The normalized spacial score (nSPS) is 12.4. The Morgan fingerprint density at radius 2 is 1.38 bits per heavy atom. The van der Waals surface area contributed by atoms with Gasteiger partial charge in [0.15, 0.2) is 0 Å². The molecule has 0 spiro atoms. The highest BCUT2D eigenvalue weighted by molar-refractivity contribution is 7.89. The fraction of sp³-hybridized carbons (Fsp3) is 0.500. The van der Waals surface area contributed by atoms with Crippen LogP contribution < -0.4 is 10.3 Å². The molecule has 0 saturated heterocycles. The molecular formula is C26H37N3O2S. The Morgan fingerprint density at radius 3 is 1.94 bits per heavy atom. The summed E-state index contributed by atoms with van der Waals surface area (Å²) in [5.74, 6) is 0. The molecule has 2 aromatic rings. The van der Waals surface area contributed by atoms with Crippen molar-refractivity contribution in [3.05, 3.63) is 65.7 Å². The zero-order valence-corrected chi connectivity index (χ0v) is 20.0. The molecule has 0 aliphatic rings. The second kappa shape index (κ2) is 14.8. The lowest BCUT2D eigenvalue weighted by Gasteiger charge is -2.13. The number of hydrazine groups is 1. The summed E-state index contributed by atoms with van der Waals surface area (Å²) in [6, 6.07) is 17.3. The smallest absolute Gasteiger partial charge is 0.222 e. The molecule has 0 radical (unpaired) electrons. The van der Waals surface area contributed by atoms with Gasteiger partial charge in [-0.3, -0.25) is 0 Å². The highest BCUT2D eigenvalue weighted by atomic mass is 32.2. The molecule has 0 aliphatic carbocycles. The Labute approximate surface area is 194 Å². The molecular weight excluding hydrogens is 418 g/mol. The Bertz CT molecular complexity index is 906. The minimum atomic E-state index is -3.75. The predicted octanol–water partition coefficient (Wildman–Crippen LogP) is 6.20. The van der Waals surface area contributed by atoms with Crippen molar-refractivity contribution in [2.24, 2.45) is 0 Å². The Kier molecular flexibility index (Phi) is 12.0. The minimum absolute atomic E-state index is 0.182. The van der Waals surface area contributed by atoms with Crippen LogP contribution in [0.4, 0.5) is 0 Å². The first kappa shape index (κ1) is 26.1. The Balaban J connectivity index is 1.70. The van der Waals surface area contributed by atoms with E-state index >= 15 is 0 Å². The summed E-state index contributed by atoms with van der Waals surface area (Å²) < 4.78 is 25.1. The molecule has 5 nitrogen and oxygen atoms in total. The summed E-state index contributed by atoms with van der Waals surface area (Å²) in [5, 5.41) is 9.33. The number of nitriles is 1. The van der Waals surface area contributed by atoms with Gasteiger partial charge in [0, 0.05) is 0 Å². The van der Waals surface area contributed by atoms with E-state index in [1.807, 2.05) is 30.3 Å². The van der Waals surface area contributed by atoms with E-state index < -0.39 is 16.1 Å². The molecule has 2 N–H and O–H groups in total. The Hall–Kier alpha value is -2.20. The SMILES string of the molecule is CCCCCCCCCCCCc1ccc(S(=O)(=O)NNC(C#N)c2ccccc2)cc1. The van der Waals surface area contributed by atoms with Crippen molar-refractivity contribution in [1.29, 1.82) is 5.26 Å². The van der Waals surface area contributed by atoms with Crippen LogP contribution in [0, 0.1) is 11.3 Å². The van der Waals surface area contributed by atoms with Crippen molar-refractivity contribution in [1.82, 2.24) is 10.3 Å². The van der Waals surface area contributed by atoms with Crippen LogP contribution in [0.2, 0.25) is 0 Å². The third-order valence-corrected chi connectivity index (χ3v) is 6.93. The molecule has 0 bridgehead atoms. The first-order valence-electron chi connectivity index (χ1n) is 11.9.